The molecule has 1 unspecified atom stereocenters. The topological polar surface area (TPSA) is 90.6 Å². The monoisotopic (exact) mass is 294 g/mol. The fourth-order valence-corrected chi connectivity index (χ4v) is 1.69. The predicted molar refractivity (Wildman–Crippen MR) is 80.0 cm³/mol. The van der Waals surface area contributed by atoms with E-state index < -0.39 is 12.0 Å². The average molecular weight is 294 g/mol. The summed E-state index contributed by atoms with van der Waals surface area (Å²) in [5.74, 6) is 0.212. The van der Waals surface area contributed by atoms with Crippen LogP contribution in [0.5, 0.6) is 5.75 Å². The molecule has 0 bridgehead atoms. The number of nitrogens with one attached hydrogen (secondary N) is 1. The fraction of sp³-hybridized carbons (Fsp3) is 0.467. The lowest BCUT2D eigenvalue weighted by Gasteiger charge is -2.14. The Morgan fingerprint density at radius 1 is 1.24 bits per heavy atom. The van der Waals surface area contributed by atoms with Gasteiger partial charge < -0.3 is 20.5 Å². The maximum atomic E-state index is 11.9. The zero-order chi connectivity index (χ0) is 15.8. The van der Waals surface area contributed by atoms with E-state index in [1.807, 2.05) is 13.8 Å². The van der Waals surface area contributed by atoms with Gasteiger partial charge in [0.05, 0.1) is 13.2 Å². The van der Waals surface area contributed by atoms with Gasteiger partial charge in [-0.1, -0.05) is 13.8 Å². The van der Waals surface area contributed by atoms with E-state index in [2.05, 4.69) is 10.1 Å². The second-order valence-electron chi connectivity index (χ2n) is 5.11. The smallest absolute Gasteiger partial charge is 0.343 e. The highest BCUT2D eigenvalue weighted by Crippen LogP contribution is 2.16. The molecule has 1 aromatic rings. The molecular weight excluding hydrogens is 272 g/mol. The lowest BCUT2D eigenvalue weighted by molar-refractivity contribution is -0.142. The van der Waals surface area contributed by atoms with Crippen LogP contribution in [0.1, 0.15) is 20.3 Å². The summed E-state index contributed by atoms with van der Waals surface area (Å²) in [6, 6.07) is 6.17. The molecule has 1 aromatic carbocycles. The molecule has 1 atom stereocenters. The van der Waals surface area contributed by atoms with Crippen molar-refractivity contribution in [2.24, 2.45) is 11.7 Å². The molecule has 6 nitrogen and oxygen atoms in total. The van der Waals surface area contributed by atoms with Crippen LogP contribution < -0.4 is 15.8 Å². The van der Waals surface area contributed by atoms with E-state index in [1.54, 1.807) is 24.3 Å². The average Bonchev–Trinajstić information content (AvgIpc) is 2.45. The van der Waals surface area contributed by atoms with Crippen molar-refractivity contribution in [3.8, 4) is 5.75 Å². The number of methoxy groups -OCH3 is 1. The van der Waals surface area contributed by atoms with E-state index in [0.29, 0.717) is 23.8 Å². The third-order valence-electron chi connectivity index (χ3n) is 2.77. The van der Waals surface area contributed by atoms with Gasteiger partial charge in [-0.2, -0.15) is 0 Å². The van der Waals surface area contributed by atoms with Crippen LogP contribution in [0.4, 0.5) is 5.69 Å². The first-order valence-corrected chi connectivity index (χ1v) is 6.78. The van der Waals surface area contributed by atoms with Crippen LogP contribution in [0.2, 0.25) is 0 Å². The van der Waals surface area contributed by atoms with Gasteiger partial charge in [0.15, 0.2) is 6.61 Å². The Balaban J connectivity index is 2.50. The van der Waals surface area contributed by atoms with Gasteiger partial charge in [0.2, 0.25) is 5.91 Å². The van der Waals surface area contributed by atoms with E-state index in [1.165, 1.54) is 7.11 Å². The van der Waals surface area contributed by atoms with Crippen LogP contribution in [-0.2, 0) is 14.3 Å². The quantitative estimate of drug-likeness (QED) is 0.745. The minimum Gasteiger partial charge on any atom is -0.482 e. The van der Waals surface area contributed by atoms with Gasteiger partial charge in [0.25, 0.3) is 0 Å². The van der Waals surface area contributed by atoms with Crippen molar-refractivity contribution in [1.29, 1.82) is 0 Å². The van der Waals surface area contributed by atoms with Gasteiger partial charge >= 0.3 is 5.97 Å². The number of hydrogen-bond donors (Lipinski definition) is 2. The molecule has 0 aromatic heterocycles. The van der Waals surface area contributed by atoms with Crippen molar-refractivity contribution in [2.75, 3.05) is 19.0 Å². The number of anilines is 1. The van der Waals surface area contributed by atoms with Crippen molar-refractivity contribution in [3.05, 3.63) is 24.3 Å². The summed E-state index contributed by atoms with van der Waals surface area (Å²) in [4.78, 5) is 22.8. The zero-order valence-corrected chi connectivity index (χ0v) is 12.6. The molecule has 6 heteroatoms. The molecule has 1 rings (SSSR count). The Morgan fingerprint density at radius 2 is 1.86 bits per heavy atom. The molecule has 0 spiro atoms. The lowest BCUT2D eigenvalue weighted by Crippen LogP contribution is -2.36. The normalized spacial score (nSPS) is 11.9. The zero-order valence-electron chi connectivity index (χ0n) is 12.6. The highest BCUT2D eigenvalue weighted by molar-refractivity contribution is 5.94. The summed E-state index contributed by atoms with van der Waals surface area (Å²) < 4.78 is 9.68. The largest absolute Gasteiger partial charge is 0.482 e. The Kier molecular flexibility index (Phi) is 6.68. The first kappa shape index (κ1) is 17.0. The third-order valence-corrected chi connectivity index (χ3v) is 2.77. The summed E-state index contributed by atoms with van der Waals surface area (Å²) in [7, 11) is 1.30. The minimum absolute atomic E-state index is 0.151. The molecule has 0 heterocycles. The standard InChI is InChI=1S/C15H22N2O4/c1-10(2)8-13(16)15(19)17-11-4-6-12(7-5-11)21-9-14(18)20-3/h4-7,10,13H,8-9,16H2,1-3H3,(H,17,19). The van der Waals surface area contributed by atoms with Crippen LogP contribution in [0, 0.1) is 5.92 Å². The molecule has 0 aliphatic carbocycles. The number of amides is 1. The molecule has 3 N–H and O–H groups in total. The third kappa shape index (κ3) is 6.27. The number of nitrogens with two attached hydrogens (primary N) is 1. The highest BCUT2D eigenvalue weighted by Gasteiger charge is 2.14. The van der Waals surface area contributed by atoms with Gasteiger partial charge in [-0.25, -0.2) is 4.79 Å². The van der Waals surface area contributed by atoms with E-state index >= 15 is 0 Å². The number of ether oxygens (including phenoxy) is 2. The summed E-state index contributed by atoms with van der Waals surface area (Å²) in [5.41, 5.74) is 6.43. The molecule has 116 valence electrons. The summed E-state index contributed by atoms with van der Waals surface area (Å²) in [6.45, 7) is 3.88. The van der Waals surface area contributed by atoms with Crippen molar-refractivity contribution in [2.45, 2.75) is 26.3 Å². The Morgan fingerprint density at radius 3 is 2.38 bits per heavy atom. The molecule has 0 aliphatic heterocycles. The van der Waals surface area contributed by atoms with Crippen LogP contribution in [0.25, 0.3) is 0 Å². The van der Waals surface area contributed by atoms with Crippen molar-refractivity contribution in [1.82, 2.24) is 0 Å². The van der Waals surface area contributed by atoms with Crippen LogP contribution >= 0.6 is 0 Å². The maximum absolute atomic E-state index is 11.9. The molecule has 1 amide bonds. The van der Waals surface area contributed by atoms with Crippen LogP contribution in [0.15, 0.2) is 24.3 Å². The minimum atomic E-state index is -0.528. The second kappa shape index (κ2) is 8.26. The van der Waals surface area contributed by atoms with Gasteiger partial charge in [-0.05, 0) is 36.6 Å². The fourth-order valence-electron chi connectivity index (χ4n) is 1.69. The van der Waals surface area contributed by atoms with E-state index in [4.69, 9.17) is 10.5 Å². The van der Waals surface area contributed by atoms with Crippen molar-refractivity contribution >= 4 is 17.6 Å². The van der Waals surface area contributed by atoms with Gasteiger partial charge in [0.1, 0.15) is 5.75 Å². The molecule has 0 fully saturated rings. The first-order valence-electron chi connectivity index (χ1n) is 6.78. The SMILES string of the molecule is COC(=O)COc1ccc(NC(=O)C(N)CC(C)C)cc1. The summed E-state index contributed by atoms with van der Waals surface area (Å²) >= 11 is 0. The predicted octanol–water partition coefficient (Wildman–Crippen LogP) is 1.55. The number of esters is 1. The van der Waals surface area contributed by atoms with E-state index in [-0.39, 0.29) is 12.5 Å². The summed E-state index contributed by atoms with van der Waals surface area (Å²) in [5, 5.41) is 2.74. The van der Waals surface area contributed by atoms with E-state index in [9.17, 15) is 9.59 Å². The molecular formula is C15H22N2O4. The van der Waals surface area contributed by atoms with Gasteiger partial charge in [-0.15, -0.1) is 0 Å². The lowest BCUT2D eigenvalue weighted by atomic mass is 10.0. The number of rotatable bonds is 7. The first-order chi connectivity index (χ1) is 9.92. The molecule has 21 heavy (non-hydrogen) atoms. The van der Waals surface area contributed by atoms with Crippen molar-refractivity contribution in [3.63, 3.8) is 0 Å². The summed E-state index contributed by atoms with van der Waals surface area (Å²) in [6.07, 6.45) is 0.631. The Labute approximate surface area is 124 Å². The van der Waals surface area contributed by atoms with Crippen LogP contribution in [-0.4, -0.2) is 31.6 Å². The maximum Gasteiger partial charge on any atom is 0.343 e. The number of hydrogen-bond acceptors (Lipinski definition) is 5. The number of carbonyl (C=O) groups is 2. The highest BCUT2D eigenvalue weighted by atomic mass is 16.6. The van der Waals surface area contributed by atoms with Gasteiger partial charge in [-0.3, -0.25) is 4.79 Å². The molecule has 0 saturated carbocycles. The number of benzene rings is 1. The second-order valence-corrected chi connectivity index (χ2v) is 5.11. The Bertz CT molecular complexity index is 471. The molecule has 0 aliphatic rings. The number of carbonyl (C=O) groups excluding carboxylic acids is 2. The van der Waals surface area contributed by atoms with Gasteiger partial charge in [0, 0.05) is 5.69 Å². The molecule has 0 radical (unpaired) electrons. The van der Waals surface area contributed by atoms with Crippen molar-refractivity contribution < 1.29 is 19.1 Å². The molecule has 0 saturated heterocycles. The Hall–Kier alpha value is -2.08. The van der Waals surface area contributed by atoms with Crippen LogP contribution in [0.3, 0.4) is 0 Å². The van der Waals surface area contributed by atoms with E-state index in [0.717, 1.165) is 0 Å².